The predicted molar refractivity (Wildman–Crippen MR) is 84.9 cm³/mol. The number of alkyl halides is 1. The van der Waals surface area contributed by atoms with Crippen molar-refractivity contribution in [3.8, 4) is 0 Å². The van der Waals surface area contributed by atoms with Crippen LogP contribution in [0.1, 0.15) is 35.6 Å². The average Bonchev–Trinajstić information content (AvgIpc) is 2.75. The van der Waals surface area contributed by atoms with Gasteiger partial charge in [0.1, 0.15) is 5.67 Å². The van der Waals surface area contributed by atoms with Crippen LogP contribution >= 0.6 is 0 Å². The normalized spacial score (nSPS) is 22.5. The van der Waals surface area contributed by atoms with Crippen molar-refractivity contribution in [3.63, 3.8) is 0 Å². The Kier molecular flexibility index (Phi) is 4.56. The first-order chi connectivity index (χ1) is 10.5. The van der Waals surface area contributed by atoms with Gasteiger partial charge in [-0.2, -0.15) is 4.31 Å². The van der Waals surface area contributed by atoms with Crippen molar-refractivity contribution >= 4 is 16.0 Å². The minimum Gasteiger partial charge on any atom is -0.481 e. The minimum absolute atomic E-state index is 0.108. The van der Waals surface area contributed by atoms with Gasteiger partial charge in [-0.3, -0.25) is 4.79 Å². The topological polar surface area (TPSA) is 74.7 Å². The highest BCUT2D eigenvalue weighted by molar-refractivity contribution is 7.89. The summed E-state index contributed by atoms with van der Waals surface area (Å²) in [5.74, 6) is -1.01. The fraction of sp³-hybridized carbons (Fsp3) is 0.562. The number of carbonyl (C=O) groups is 1. The summed E-state index contributed by atoms with van der Waals surface area (Å²) in [7, 11) is -3.85. The van der Waals surface area contributed by atoms with Crippen molar-refractivity contribution in [2.45, 2.75) is 51.1 Å². The zero-order valence-corrected chi connectivity index (χ0v) is 14.6. The molecule has 1 heterocycles. The summed E-state index contributed by atoms with van der Waals surface area (Å²) in [6.45, 7) is 6.43. The molecule has 1 aliphatic heterocycles. The molecule has 1 aromatic rings. The van der Waals surface area contributed by atoms with Crippen molar-refractivity contribution in [2.75, 3.05) is 13.1 Å². The zero-order valence-electron chi connectivity index (χ0n) is 13.8. The molecule has 7 heteroatoms. The van der Waals surface area contributed by atoms with Gasteiger partial charge in [0.15, 0.2) is 0 Å². The highest BCUT2D eigenvalue weighted by atomic mass is 32.2. The number of nitrogens with zero attached hydrogens (tertiary/aromatic N) is 1. The van der Waals surface area contributed by atoms with Crippen LogP contribution in [0.2, 0.25) is 0 Å². The maximum atomic E-state index is 14.0. The molecule has 2 rings (SSSR count). The number of sulfonamides is 1. The van der Waals surface area contributed by atoms with Crippen LogP contribution < -0.4 is 0 Å². The number of carboxylic acid groups (broad SMARTS) is 1. The molecule has 128 valence electrons. The quantitative estimate of drug-likeness (QED) is 0.911. The highest BCUT2D eigenvalue weighted by Gasteiger charge is 2.41. The van der Waals surface area contributed by atoms with E-state index in [2.05, 4.69) is 0 Å². The summed E-state index contributed by atoms with van der Waals surface area (Å²) in [6, 6.07) is 1.68. The van der Waals surface area contributed by atoms with Gasteiger partial charge in [-0.15, -0.1) is 0 Å². The fourth-order valence-electron chi connectivity index (χ4n) is 3.24. The van der Waals surface area contributed by atoms with Gasteiger partial charge in [-0.1, -0.05) is 6.07 Å². The molecule has 0 aromatic heterocycles. The molecule has 0 bridgehead atoms. The highest BCUT2D eigenvalue weighted by Crippen LogP contribution is 2.34. The second-order valence-electron chi connectivity index (χ2n) is 6.52. The smallest absolute Gasteiger partial charge is 0.307 e. The lowest BCUT2D eigenvalue weighted by Crippen LogP contribution is -2.33. The van der Waals surface area contributed by atoms with E-state index in [1.807, 2.05) is 0 Å². The van der Waals surface area contributed by atoms with E-state index in [0.29, 0.717) is 16.7 Å². The van der Waals surface area contributed by atoms with Gasteiger partial charge in [0.05, 0.1) is 11.3 Å². The average molecular weight is 343 g/mol. The summed E-state index contributed by atoms with van der Waals surface area (Å²) in [4.78, 5) is 11.2. The zero-order chi connectivity index (χ0) is 17.6. The molecule has 0 aliphatic carbocycles. The van der Waals surface area contributed by atoms with E-state index in [9.17, 15) is 17.6 Å². The van der Waals surface area contributed by atoms with Crippen molar-refractivity contribution in [2.24, 2.45) is 0 Å². The first-order valence-electron chi connectivity index (χ1n) is 7.46. The molecule has 1 fully saturated rings. The molecule has 0 saturated carbocycles. The number of hydrogen-bond acceptors (Lipinski definition) is 3. The van der Waals surface area contributed by atoms with E-state index in [1.54, 1.807) is 26.8 Å². The van der Waals surface area contributed by atoms with Crippen LogP contribution in [0.15, 0.2) is 11.0 Å². The molecule has 0 amide bonds. The van der Waals surface area contributed by atoms with E-state index in [-0.39, 0.29) is 30.8 Å². The molecular formula is C16H22FNO4S. The Morgan fingerprint density at radius 2 is 1.96 bits per heavy atom. The number of carboxylic acids is 1. The Hall–Kier alpha value is -1.47. The van der Waals surface area contributed by atoms with E-state index in [0.717, 1.165) is 9.87 Å². The van der Waals surface area contributed by atoms with Crippen molar-refractivity contribution in [1.29, 1.82) is 0 Å². The van der Waals surface area contributed by atoms with Crippen LogP contribution in [-0.2, 0) is 21.2 Å². The van der Waals surface area contributed by atoms with E-state index in [4.69, 9.17) is 5.11 Å². The summed E-state index contributed by atoms with van der Waals surface area (Å²) >= 11 is 0. The SMILES string of the molecule is Cc1cc(C)c(S(=O)(=O)N2CCC(C)(F)C2)c(C)c1CC(=O)O. The van der Waals surface area contributed by atoms with Gasteiger partial charge in [-0.25, -0.2) is 12.8 Å². The lowest BCUT2D eigenvalue weighted by molar-refractivity contribution is -0.136. The number of rotatable bonds is 4. The van der Waals surface area contributed by atoms with Crippen LogP contribution in [0.4, 0.5) is 4.39 Å². The molecule has 0 spiro atoms. The van der Waals surface area contributed by atoms with Gasteiger partial charge >= 0.3 is 5.97 Å². The molecule has 1 aromatic carbocycles. The standard InChI is InChI=1S/C16H22FNO4S/c1-10-7-11(2)15(12(3)13(10)8-14(19)20)23(21,22)18-6-5-16(4,17)9-18/h7H,5-6,8-9H2,1-4H3,(H,19,20). The van der Waals surface area contributed by atoms with Crippen LogP contribution in [-0.4, -0.2) is 42.6 Å². The largest absolute Gasteiger partial charge is 0.481 e. The molecule has 1 saturated heterocycles. The van der Waals surface area contributed by atoms with Gasteiger partial charge in [-0.05, 0) is 56.4 Å². The van der Waals surface area contributed by atoms with Crippen LogP contribution in [0.25, 0.3) is 0 Å². The molecule has 23 heavy (non-hydrogen) atoms. The summed E-state index contributed by atoms with van der Waals surface area (Å²) in [5, 5.41) is 9.05. The van der Waals surface area contributed by atoms with Gasteiger partial charge in [0.2, 0.25) is 10.0 Å². The lowest BCUT2D eigenvalue weighted by atomic mass is 9.97. The third-order valence-corrected chi connectivity index (χ3v) is 6.51. The lowest BCUT2D eigenvalue weighted by Gasteiger charge is -2.22. The second-order valence-corrected chi connectivity index (χ2v) is 8.39. The number of aliphatic carboxylic acids is 1. The molecular weight excluding hydrogens is 321 g/mol. The number of aryl methyl sites for hydroxylation is 2. The number of hydrogen-bond donors (Lipinski definition) is 1. The molecule has 1 N–H and O–H groups in total. The summed E-state index contributed by atoms with van der Waals surface area (Å²) < 4.78 is 41.0. The second kappa shape index (κ2) is 5.87. The van der Waals surface area contributed by atoms with Crippen LogP contribution in [0, 0.1) is 20.8 Å². The van der Waals surface area contributed by atoms with Crippen LogP contribution in [0.3, 0.4) is 0 Å². The maximum Gasteiger partial charge on any atom is 0.307 e. The Morgan fingerprint density at radius 1 is 1.35 bits per heavy atom. The van der Waals surface area contributed by atoms with E-state index >= 15 is 0 Å². The maximum absolute atomic E-state index is 14.0. The Balaban J connectivity index is 2.56. The third kappa shape index (κ3) is 3.40. The van der Waals surface area contributed by atoms with Crippen molar-refractivity contribution in [1.82, 2.24) is 4.31 Å². The fourth-order valence-corrected chi connectivity index (χ4v) is 5.25. The van der Waals surface area contributed by atoms with Gasteiger partial charge in [0.25, 0.3) is 0 Å². The van der Waals surface area contributed by atoms with Gasteiger partial charge < -0.3 is 5.11 Å². The Bertz CT molecular complexity index is 756. The Labute approximate surface area is 136 Å². The molecule has 1 unspecified atom stereocenters. The first kappa shape index (κ1) is 17.9. The summed E-state index contributed by atoms with van der Waals surface area (Å²) in [6.07, 6.45) is -0.0700. The van der Waals surface area contributed by atoms with E-state index < -0.39 is 21.7 Å². The first-order valence-corrected chi connectivity index (χ1v) is 8.90. The van der Waals surface area contributed by atoms with Crippen molar-refractivity contribution < 1.29 is 22.7 Å². The monoisotopic (exact) mass is 343 g/mol. The minimum atomic E-state index is -3.85. The number of benzene rings is 1. The third-order valence-electron chi connectivity index (χ3n) is 4.37. The van der Waals surface area contributed by atoms with Crippen LogP contribution in [0.5, 0.6) is 0 Å². The van der Waals surface area contributed by atoms with Crippen molar-refractivity contribution in [3.05, 3.63) is 28.3 Å². The number of halogens is 1. The molecule has 5 nitrogen and oxygen atoms in total. The Morgan fingerprint density at radius 3 is 2.43 bits per heavy atom. The predicted octanol–water partition coefficient (Wildman–Crippen LogP) is 2.36. The van der Waals surface area contributed by atoms with E-state index in [1.165, 1.54) is 6.92 Å². The molecule has 0 radical (unpaired) electrons. The van der Waals surface area contributed by atoms with Gasteiger partial charge in [0, 0.05) is 13.1 Å². The summed E-state index contributed by atoms with van der Waals surface area (Å²) in [5.41, 5.74) is 0.727. The molecule has 1 atom stereocenters. The molecule has 1 aliphatic rings.